The van der Waals surface area contributed by atoms with Crippen LogP contribution >= 0.6 is 0 Å². The lowest BCUT2D eigenvalue weighted by Crippen LogP contribution is -2.48. The third kappa shape index (κ3) is 2.65. The van der Waals surface area contributed by atoms with Gasteiger partial charge >= 0.3 is 0 Å². The van der Waals surface area contributed by atoms with E-state index in [4.69, 9.17) is 0 Å². The third-order valence-corrected chi connectivity index (χ3v) is 4.54. The Hall–Kier alpha value is -0.370. The van der Waals surface area contributed by atoms with Crippen LogP contribution in [0.3, 0.4) is 0 Å². The van der Waals surface area contributed by atoms with Gasteiger partial charge in [0.1, 0.15) is 5.78 Å². The molecular formula is C14H25NO. The van der Waals surface area contributed by atoms with Gasteiger partial charge in [0, 0.05) is 31.5 Å². The van der Waals surface area contributed by atoms with Gasteiger partial charge in [0.25, 0.3) is 0 Å². The molecule has 2 rings (SSSR count). The second-order valence-electron chi connectivity index (χ2n) is 5.67. The molecule has 1 heterocycles. The number of piperidine rings is 1. The SMILES string of the molecule is CCC1CCCC(N2CCC(=O)CC2C)C1. The van der Waals surface area contributed by atoms with E-state index >= 15 is 0 Å². The van der Waals surface area contributed by atoms with Crippen LogP contribution in [0.15, 0.2) is 0 Å². The van der Waals surface area contributed by atoms with Gasteiger partial charge in [-0.3, -0.25) is 9.69 Å². The summed E-state index contributed by atoms with van der Waals surface area (Å²) in [6, 6.07) is 1.25. The van der Waals surface area contributed by atoms with Gasteiger partial charge in [-0.2, -0.15) is 0 Å². The van der Waals surface area contributed by atoms with Gasteiger partial charge in [-0.15, -0.1) is 0 Å². The van der Waals surface area contributed by atoms with Crippen molar-refractivity contribution >= 4 is 5.78 Å². The maximum atomic E-state index is 11.4. The quantitative estimate of drug-likeness (QED) is 0.717. The van der Waals surface area contributed by atoms with Crippen LogP contribution in [0.1, 0.15) is 58.8 Å². The molecule has 1 aliphatic carbocycles. The van der Waals surface area contributed by atoms with Crippen LogP contribution in [0.5, 0.6) is 0 Å². The second-order valence-corrected chi connectivity index (χ2v) is 5.67. The Morgan fingerprint density at radius 1 is 1.38 bits per heavy atom. The van der Waals surface area contributed by atoms with Gasteiger partial charge < -0.3 is 0 Å². The average Bonchev–Trinajstić information content (AvgIpc) is 2.29. The number of rotatable bonds is 2. The predicted molar refractivity (Wildman–Crippen MR) is 66.4 cm³/mol. The van der Waals surface area contributed by atoms with Crippen LogP contribution < -0.4 is 0 Å². The Morgan fingerprint density at radius 2 is 2.19 bits per heavy atom. The summed E-state index contributed by atoms with van der Waals surface area (Å²) in [7, 11) is 0. The number of hydrogen-bond acceptors (Lipinski definition) is 2. The molecular weight excluding hydrogens is 198 g/mol. The fourth-order valence-electron chi connectivity index (χ4n) is 3.50. The Labute approximate surface area is 99.4 Å². The van der Waals surface area contributed by atoms with Crippen molar-refractivity contribution in [3.63, 3.8) is 0 Å². The second kappa shape index (κ2) is 5.31. The van der Waals surface area contributed by atoms with Gasteiger partial charge in [0.05, 0.1) is 0 Å². The predicted octanol–water partition coefficient (Wildman–Crippen LogP) is 3.01. The molecule has 2 aliphatic rings. The minimum Gasteiger partial charge on any atom is -0.300 e. The van der Waals surface area contributed by atoms with Crippen molar-refractivity contribution in [3.05, 3.63) is 0 Å². The molecule has 2 fully saturated rings. The van der Waals surface area contributed by atoms with Crippen molar-refractivity contribution in [2.45, 2.75) is 70.9 Å². The van der Waals surface area contributed by atoms with E-state index in [1.54, 1.807) is 0 Å². The fraction of sp³-hybridized carbons (Fsp3) is 0.929. The van der Waals surface area contributed by atoms with Crippen LogP contribution in [0.2, 0.25) is 0 Å². The van der Waals surface area contributed by atoms with Crippen molar-refractivity contribution < 1.29 is 4.79 Å². The molecule has 3 unspecified atom stereocenters. The monoisotopic (exact) mass is 223 g/mol. The molecule has 0 radical (unpaired) electrons. The smallest absolute Gasteiger partial charge is 0.135 e. The molecule has 0 aromatic carbocycles. The van der Waals surface area contributed by atoms with Crippen molar-refractivity contribution in [2.75, 3.05) is 6.54 Å². The van der Waals surface area contributed by atoms with E-state index in [9.17, 15) is 4.79 Å². The number of Topliss-reactive ketones (excluding diaryl/α,β-unsaturated/α-hetero) is 1. The number of likely N-dealkylation sites (tertiary alicyclic amines) is 1. The van der Waals surface area contributed by atoms with Crippen LogP contribution in [0.4, 0.5) is 0 Å². The fourth-order valence-corrected chi connectivity index (χ4v) is 3.50. The number of carbonyl (C=O) groups excluding carboxylic acids is 1. The Balaban J connectivity index is 1.93. The van der Waals surface area contributed by atoms with E-state index in [2.05, 4.69) is 18.7 Å². The van der Waals surface area contributed by atoms with E-state index in [1.165, 1.54) is 32.1 Å². The van der Waals surface area contributed by atoms with Gasteiger partial charge in [-0.05, 0) is 25.7 Å². The average molecular weight is 223 g/mol. The first-order valence-corrected chi connectivity index (χ1v) is 6.98. The van der Waals surface area contributed by atoms with Crippen LogP contribution in [0, 0.1) is 5.92 Å². The molecule has 92 valence electrons. The van der Waals surface area contributed by atoms with Crippen LogP contribution in [0.25, 0.3) is 0 Å². The standard InChI is InChI=1S/C14H25NO/c1-3-12-5-4-6-13(10-12)15-8-7-14(16)9-11(15)2/h11-13H,3-10H2,1-2H3. The lowest BCUT2D eigenvalue weighted by Gasteiger charge is -2.42. The Morgan fingerprint density at radius 3 is 2.88 bits per heavy atom. The molecule has 1 saturated heterocycles. The maximum absolute atomic E-state index is 11.4. The highest BCUT2D eigenvalue weighted by Crippen LogP contribution is 2.32. The van der Waals surface area contributed by atoms with Crippen molar-refractivity contribution in [2.24, 2.45) is 5.92 Å². The molecule has 1 aliphatic heterocycles. The highest BCUT2D eigenvalue weighted by molar-refractivity contribution is 5.79. The first-order valence-electron chi connectivity index (χ1n) is 6.98. The van der Waals surface area contributed by atoms with Crippen molar-refractivity contribution in [3.8, 4) is 0 Å². The summed E-state index contributed by atoms with van der Waals surface area (Å²) in [6.07, 6.45) is 8.45. The maximum Gasteiger partial charge on any atom is 0.135 e. The van der Waals surface area contributed by atoms with E-state index in [1.807, 2.05) is 0 Å². The molecule has 2 heteroatoms. The molecule has 0 N–H and O–H groups in total. The van der Waals surface area contributed by atoms with Gasteiger partial charge in [0.15, 0.2) is 0 Å². The minimum atomic E-state index is 0.464. The van der Waals surface area contributed by atoms with Gasteiger partial charge in [-0.25, -0.2) is 0 Å². The van der Waals surface area contributed by atoms with E-state index in [-0.39, 0.29) is 0 Å². The molecule has 0 amide bonds. The lowest BCUT2D eigenvalue weighted by molar-refractivity contribution is -0.123. The summed E-state index contributed by atoms with van der Waals surface area (Å²) in [5, 5.41) is 0. The molecule has 16 heavy (non-hydrogen) atoms. The zero-order valence-corrected chi connectivity index (χ0v) is 10.7. The number of carbonyl (C=O) groups is 1. The minimum absolute atomic E-state index is 0.464. The largest absolute Gasteiger partial charge is 0.300 e. The molecule has 0 bridgehead atoms. The van der Waals surface area contributed by atoms with Crippen LogP contribution in [-0.2, 0) is 4.79 Å². The number of ketones is 1. The van der Waals surface area contributed by atoms with E-state index in [0.717, 1.165) is 31.3 Å². The highest BCUT2D eigenvalue weighted by Gasteiger charge is 2.32. The number of hydrogen-bond donors (Lipinski definition) is 0. The summed E-state index contributed by atoms with van der Waals surface area (Å²) < 4.78 is 0. The molecule has 3 atom stereocenters. The summed E-state index contributed by atoms with van der Waals surface area (Å²) in [5.74, 6) is 1.40. The first-order chi connectivity index (χ1) is 7.70. The number of nitrogens with zero attached hydrogens (tertiary/aromatic N) is 1. The zero-order valence-electron chi connectivity index (χ0n) is 10.7. The molecule has 2 nitrogen and oxygen atoms in total. The molecule has 0 spiro atoms. The molecule has 0 aromatic heterocycles. The zero-order chi connectivity index (χ0) is 11.5. The summed E-state index contributed by atoms with van der Waals surface area (Å²) in [6.45, 7) is 5.56. The van der Waals surface area contributed by atoms with E-state index < -0.39 is 0 Å². The first kappa shape index (κ1) is 12.1. The van der Waals surface area contributed by atoms with Crippen LogP contribution in [-0.4, -0.2) is 29.3 Å². The highest BCUT2D eigenvalue weighted by atomic mass is 16.1. The Kier molecular flexibility index (Phi) is 4.01. The molecule has 1 saturated carbocycles. The summed E-state index contributed by atoms with van der Waals surface area (Å²) in [4.78, 5) is 14.0. The Bertz CT molecular complexity index is 251. The van der Waals surface area contributed by atoms with Gasteiger partial charge in [0.2, 0.25) is 0 Å². The van der Waals surface area contributed by atoms with Gasteiger partial charge in [-0.1, -0.05) is 26.2 Å². The van der Waals surface area contributed by atoms with Crippen molar-refractivity contribution in [1.29, 1.82) is 0 Å². The lowest BCUT2D eigenvalue weighted by atomic mass is 9.82. The molecule has 0 aromatic rings. The van der Waals surface area contributed by atoms with E-state index in [0.29, 0.717) is 11.8 Å². The van der Waals surface area contributed by atoms with Crippen molar-refractivity contribution in [1.82, 2.24) is 4.90 Å². The summed E-state index contributed by atoms with van der Waals surface area (Å²) in [5.41, 5.74) is 0. The third-order valence-electron chi connectivity index (χ3n) is 4.54. The topological polar surface area (TPSA) is 20.3 Å². The normalized spacial score (nSPS) is 37.6. The summed E-state index contributed by atoms with van der Waals surface area (Å²) >= 11 is 0.